The van der Waals surface area contributed by atoms with Crippen molar-refractivity contribution in [1.29, 1.82) is 0 Å². The molecule has 0 saturated heterocycles. The first-order valence-electron chi connectivity index (χ1n) is 12.9. The largest absolute Gasteiger partial charge is 0.497 e. The first-order valence-corrected chi connectivity index (χ1v) is 23.9. The lowest BCUT2D eigenvalue weighted by Crippen LogP contribution is -2.82. The number of carbonyl (C=O) groups excluding carboxylic acids is 1. The van der Waals surface area contributed by atoms with Crippen molar-refractivity contribution in [1.82, 2.24) is 0 Å². The normalized spacial score (nSPS) is 19.2. The molecule has 4 rings (SSSR count). The molecule has 6 heteroatoms. The predicted molar refractivity (Wildman–Crippen MR) is 159 cm³/mol. The first-order chi connectivity index (χ1) is 16.0. The van der Waals surface area contributed by atoms with Crippen molar-refractivity contribution in [2.24, 2.45) is 5.73 Å². The van der Waals surface area contributed by atoms with Crippen LogP contribution in [0.4, 0.5) is 0 Å². The number of primary amides is 1. The van der Waals surface area contributed by atoms with Crippen LogP contribution in [0.25, 0.3) is 17.2 Å². The van der Waals surface area contributed by atoms with Crippen molar-refractivity contribution in [3.05, 3.63) is 46.0 Å². The van der Waals surface area contributed by atoms with Gasteiger partial charge in [0.1, 0.15) is 5.75 Å². The van der Waals surface area contributed by atoms with E-state index in [1.807, 2.05) is 7.11 Å². The lowest BCUT2D eigenvalue weighted by Gasteiger charge is -2.54. The molecule has 1 heterocycles. The number of benzene rings is 2. The standard InChI is InChI=1S/C29H43NO2Si3/c1-12-18-13-19-15-20(29(2,3)4)16-22(21(19)14-18)25-23(28(30)31)17-24-26(32-5)27(25)34(8,9)35(10,11)33(24,6)7/h13,15-17H,12,14H2,1-11H3,(H2,30,31). The molecule has 2 N–H and O–H groups in total. The molecular weight excluding hydrogens is 479 g/mol. The van der Waals surface area contributed by atoms with Gasteiger partial charge in [0.25, 0.3) is 0 Å². The van der Waals surface area contributed by atoms with E-state index >= 15 is 0 Å². The van der Waals surface area contributed by atoms with Crippen LogP contribution in [0.5, 0.6) is 5.75 Å². The van der Waals surface area contributed by atoms with Crippen molar-refractivity contribution in [2.45, 2.75) is 85.2 Å². The second kappa shape index (κ2) is 8.05. The van der Waals surface area contributed by atoms with Gasteiger partial charge in [-0.25, -0.2) is 0 Å². The number of allylic oxidation sites excluding steroid dienone is 1. The molecule has 188 valence electrons. The van der Waals surface area contributed by atoms with Crippen molar-refractivity contribution in [2.75, 3.05) is 7.11 Å². The monoisotopic (exact) mass is 521 g/mol. The predicted octanol–water partition coefficient (Wildman–Crippen LogP) is 5.82. The Morgan fingerprint density at radius 2 is 1.66 bits per heavy atom. The van der Waals surface area contributed by atoms with Crippen molar-refractivity contribution in [3.8, 4) is 16.9 Å². The fourth-order valence-electron chi connectivity index (χ4n) is 6.24. The maximum Gasteiger partial charge on any atom is 0.249 e. The summed E-state index contributed by atoms with van der Waals surface area (Å²) < 4.78 is 6.27. The maximum absolute atomic E-state index is 13.1. The number of fused-ring (bicyclic) bond motifs is 3. The number of hydrogen-bond donors (Lipinski definition) is 1. The van der Waals surface area contributed by atoms with Crippen molar-refractivity contribution >= 4 is 44.6 Å². The molecule has 35 heavy (non-hydrogen) atoms. The van der Waals surface area contributed by atoms with Gasteiger partial charge in [-0.3, -0.25) is 4.79 Å². The Kier molecular flexibility index (Phi) is 6.02. The van der Waals surface area contributed by atoms with Gasteiger partial charge in [0.15, 0.2) is 0 Å². The maximum atomic E-state index is 13.1. The number of methoxy groups -OCH3 is 1. The molecule has 0 spiro atoms. The van der Waals surface area contributed by atoms with E-state index < -0.39 is 22.3 Å². The van der Waals surface area contributed by atoms with Gasteiger partial charge in [0.05, 0.1) is 22.3 Å². The highest BCUT2D eigenvalue weighted by Gasteiger charge is 2.60. The summed E-state index contributed by atoms with van der Waals surface area (Å²) in [5.41, 5.74) is 14.5. The highest BCUT2D eigenvalue weighted by atomic mass is 29.6. The summed E-state index contributed by atoms with van der Waals surface area (Å²) in [6.07, 6.45) is 4.35. The molecule has 1 amide bonds. The van der Waals surface area contributed by atoms with E-state index in [-0.39, 0.29) is 11.3 Å². The van der Waals surface area contributed by atoms with Gasteiger partial charge >= 0.3 is 0 Å². The minimum absolute atomic E-state index is 0.00337. The van der Waals surface area contributed by atoms with Gasteiger partial charge < -0.3 is 10.5 Å². The second-order valence-corrected chi connectivity index (χ2v) is 40.5. The average Bonchev–Trinajstić information content (AvgIpc) is 3.18. The fraction of sp³-hybridized carbons (Fsp3) is 0.483. The number of carbonyl (C=O) groups is 1. The molecule has 2 aromatic rings. The van der Waals surface area contributed by atoms with Crippen LogP contribution in [0.1, 0.15) is 61.2 Å². The molecule has 2 bridgehead atoms. The van der Waals surface area contributed by atoms with E-state index in [9.17, 15) is 4.79 Å². The Balaban J connectivity index is 2.22. The summed E-state index contributed by atoms with van der Waals surface area (Å²) in [5, 5.41) is 2.64. The molecule has 0 saturated carbocycles. The van der Waals surface area contributed by atoms with E-state index in [1.165, 1.54) is 38.2 Å². The van der Waals surface area contributed by atoms with Gasteiger partial charge in [-0.15, -0.1) is 0 Å². The van der Waals surface area contributed by atoms with Crippen LogP contribution in [0.15, 0.2) is 23.8 Å². The Bertz CT molecular complexity index is 1280. The van der Waals surface area contributed by atoms with Crippen LogP contribution in [0, 0.1) is 0 Å². The molecular formula is C29H43NO2Si3. The van der Waals surface area contributed by atoms with E-state index in [4.69, 9.17) is 10.5 Å². The van der Waals surface area contributed by atoms with Gasteiger partial charge in [-0.05, 0) is 62.5 Å². The van der Waals surface area contributed by atoms with E-state index in [0.29, 0.717) is 5.56 Å². The average molecular weight is 522 g/mol. The summed E-state index contributed by atoms with van der Waals surface area (Å²) >= 11 is 0. The van der Waals surface area contributed by atoms with Crippen LogP contribution >= 0.6 is 0 Å². The van der Waals surface area contributed by atoms with E-state index in [1.54, 1.807) is 0 Å². The molecule has 0 aromatic heterocycles. The third-order valence-corrected chi connectivity index (χ3v) is 51.1. The number of hydrogen-bond acceptors (Lipinski definition) is 2. The summed E-state index contributed by atoms with van der Waals surface area (Å²) in [6.45, 7) is 24.3. The van der Waals surface area contributed by atoms with Gasteiger partial charge in [0, 0.05) is 12.7 Å². The Morgan fingerprint density at radius 1 is 1.03 bits per heavy atom. The Morgan fingerprint density at radius 3 is 2.17 bits per heavy atom. The van der Waals surface area contributed by atoms with Crippen LogP contribution < -0.4 is 20.8 Å². The summed E-state index contributed by atoms with van der Waals surface area (Å²) in [5.74, 6) is 0.736. The topological polar surface area (TPSA) is 52.3 Å². The third kappa shape index (κ3) is 3.58. The van der Waals surface area contributed by atoms with Crippen molar-refractivity contribution in [3.63, 3.8) is 0 Å². The minimum Gasteiger partial charge on any atom is -0.497 e. The quantitative estimate of drug-likeness (QED) is 0.516. The number of nitrogens with two attached hydrogens (primary N) is 1. The number of ether oxygens (including phenoxy) is 1. The van der Waals surface area contributed by atoms with Crippen molar-refractivity contribution < 1.29 is 9.53 Å². The SMILES string of the molecule is CCC1=Cc2cc(C(C)(C)C)cc(-c3c(C(N)=O)cc4c(OC)c3[Si](C)(C)[Si](C)(C)[Si]4(C)C)c2C1. The van der Waals surface area contributed by atoms with Crippen LogP contribution in [0.2, 0.25) is 39.3 Å². The first kappa shape index (κ1) is 26.2. The summed E-state index contributed by atoms with van der Waals surface area (Å²) in [4.78, 5) is 13.1. The Hall–Kier alpha value is -1.90. The lowest BCUT2D eigenvalue weighted by molar-refractivity contribution is 0.100. The van der Waals surface area contributed by atoms with Gasteiger partial charge in [-0.1, -0.05) is 90.8 Å². The number of rotatable bonds is 4. The fourth-order valence-corrected chi connectivity index (χ4v) is 38.5. The molecule has 2 aromatic carbocycles. The highest BCUT2D eigenvalue weighted by Crippen LogP contribution is 2.44. The second-order valence-electron chi connectivity index (χ2n) is 13.2. The van der Waals surface area contributed by atoms with Gasteiger partial charge in [-0.2, -0.15) is 0 Å². The highest BCUT2D eigenvalue weighted by molar-refractivity contribution is 7.74. The lowest BCUT2D eigenvalue weighted by atomic mass is 9.81. The summed E-state index contributed by atoms with van der Waals surface area (Å²) in [6, 6.07) is 6.86. The number of amides is 1. The molecule has 0 unspecified atom stereocenters. The van der Waals surface area contributed by atoms with Gasteiger partial charge in [0.2, 0.25) is 5.91 Å². The molecule has 1 aliphatic heterocycles. The molecule has 0 radical (unpaired) electrons. The molecule has 0 atom stereocenters. The van der Waals surface area contributed by atoms with E-state index in [2.05, 4.69) is 91.3 Å². The molecule has 0 fully saturated rings. The van der Waals surface area contributed by atoms with Crippen LogP contribution in [-0.4, -0.2) is 35.3 Å². The van der Waals surface area contributed by atoms with Crippen LogP contribution in [-0.2, 0) is 11.8 Å². The molecule has 1 aliphatic carbocycles. The summed E-state index contributed by atoms with van der Waals surface area (Å²) in [7, 11) is -3.65. The molecule has 2 aliphatic rings. The third-order valence-electron chi connectivity index (χ3n) is 9.81. The zero-order chi connectivity index (χ0) is 26.3. The minimum atomic E-state index is -1.98. The zero-order valence-corrected chi connectivity index (χ0v) is 26.6. The smallest absolute Gasteiger partial charge is 0.249 e. The van der Waals surface area contributed by atoms with Crippen LogP contribution in [0.3, 0.4) is 0 Å². The Labute approximate surface area is 214 Å². The van der Waals surface area contributed by atoms with E-state index in [0.717, 1.165) is 24.2 Å². The molecule has 3 nitrogen and oxygen atoms in total. The zero-order valence-electron chi connectivity index (χ0n) is 23.6.